The standard InChI is InChI=1S/C15H27N3/c1-12(2)11-16-9-6-10-18-13(3)17-14-7-4-5-8-15(14)18/h12,16H,4-11H2,1-3H3. The van der Waals surface area contributed by atoms with Crippen LogP contribution >= 0.6 is 0 Å². The van der Waals surface area contributed by atoms with Gasteiger partial charge < -0.3 is 9.88 Å². The molecule has 1 N–H and O–H groups in total. The van der Waals surface area contributed by atoms with Crippen molar-refractivity contribution in [2.75, 3.05) is 13.1 Å². The third-order valence-corrected chi connectivity index (χ3v) is 3.71. The van der Waals surface area contributed by atoms with E-state index in [9.17, 15) is 0 Å². The zero-order chi connectivity index (χ0) is 13.0. The number of fused-ring (bicyclic) bond motifs is 1. The van der Waals surface area contributed by atoms with Gasteiger partial charge in [-0.15, -0.1) is 0 Å². The molecule has 1 aliphatic rings. The van der Waals surface area contributed by atoms with E-state index in [1.165, 1.54) is 49.3 Å². The van der Waals surface area contributed by atoms with Crippen LogP contribution in [0.2, 0.25) is 0 Å². The Kier molecular flexibility index (Phi) is 4.81. The predicted molar refractivity (Wildman–Crippen MR) is 75.9 cm³/mol. The average molecular weight is 249 g/mol. The fourth-order valence-corrected chi connectivity index (χ4v) is 2.79. The first-order valence-electron chi connectivity index (χ1n) is 7.44. The molecular formula is C15H27N3. The molecule has 0 amide bonds. The van der Waals surface area contributed by atoms with Crippen molar-refractivity contribution in [2.45, 2.75) is 59.4 Å². The van der Waals surface area contributed by atoms with Crippen LogP contribution in [-0.4, -0.2) is 22.6 Å². The number of imidazole rings is 1. The predicted octanol–water partition coefficient (Wildman–Crippen LogP) is 2.71. The zero-order valence-corrected chi connectivity index (χ0v) is 12.1. The summed E-state index contributed by atoms with van der Waals surface area (Å²) in [6.45, 7) is 10.0. The van der Waals surface area contributed by atoms with Crippen molar-refractivity contribution in [3.63, 3.8) is 0 Å². The average Bonchev–Trinajstić information content (AvgIpc) is 2.65. The Labute approximate surface area is 111 Å². The summed E-state index contributed by atoms with van der Waals surface area (Å²) in [6.07, 6.45) is 6.28. The molecule has 0 saturated heterocycles. The van der Waals surface area contributed by atoms with E-state index in [-0.39, 0.29) is 0 Å². The van der Waals surface area contributed by atoms with Gasteiger partial charge in [-0.1, -0.05) is 13.8 Å². The van der Waals surface area contributed by atoms with Gasteiger partial charge in [0.05, 0.1) is 5.69 Å². The molecule has 18 heavy (non-hydrogen) atoms. The third-order valence-electron chi connectivity index (χ3n) is 3.71. The van der Waals surface area contributed by atoms with Crippen molar-refractivity contribution in [3.8, 4) is 0 Å². The quantitative estimate of drug-likeness (QED) is 0.786. The number of aryl methyl sites for hydroxylation is 2. The van der Waals surface area contributed by atoms with Gasteiger partial charge >= 0.3 is 0 Å². The van der Waals surface area contributed by atoms with Crippen LogP contribution in [0.4, 0.5) is 0 Å². The Morgan fingerprint density at radius 1 is 1.28 bits per heavy atom. The molecule has 0 radical (unpaired) electrons. The minimum atomic E-state index is 0.743. The highest BCUT2D eigenvalue weighted by Gasteiger charge is 2.17. The van der Waals surface area contributed by atoms with Crippen LogP contribution in [0.25, 0.3) is 0 Å². The van der Waals surface area contributed by atoms with Gasteiger partial charge in [-0.05, 0) is 58.0 Å². The van der Waals surface area contributed by atoms with E-state index < -0.39 is 0 Å². The number of hydrogen-bond acceptors (Lipinski definition) is 2. The third kappa shape index (κ3) is 3.35. The second-order valence-corrected chi connectivity index (χ2v) is 5.86. The highest BCUT2D eigenvalue weighted by Crippen LogP contribution is 2.22. The molecule has 0 bridgehead atoms. The lowest BCUT2D eigenvalue weighted by molar-refractivity contribution is 0.509. The van der Waals surface area contributed by atoms with Gasteiger partial charge in [0.2, 0.25) is 0 Å². The van der Waals surface area contributed by atoms with Crippen LogP contribution in [0.5, 0.6) is 0 Å². The summed E-state index contributed by atoms with van der Waals surface area (Å²) in [7, 11) is 0. The van der Waals surface area contributed by atoms with E-state index in [4.69, 9.17) is 4.98 Å². The Hall–Kier alpha value is -0.830. The Morgan fingerprint density at radius 2 is 2.06 bits per heavy atom. The largest absolute Gasteiger partial charge is 0.332 e. The molecule has 1 aliphatic carbocycles. The van der Waals surface area contributed by atoms with E-state index >= 15 is 0 Å². The van der Waals surface area contributed by atoms with Crippen LogP contribution in [0.3, 0.4) is 0 Å². The van der Waals surface area contributed by atoms with Crippen LogP contribution in [-0.2, 0) is 19.4 Å². The van der Waals surface area contributed by atoms with Crippen LogP contribution in [0.1, 0.15) is 50.3 Å². The van der Waals surface area contributed by atoms with Gasteiger partial charge in [-0.2, -0.15) is 0 Å². The molecule has 2 rings (SSSR count). The summed E-state index contributed by atoms with van der Waals surface area (Å²) in [6, 6.07) is 0. The highest BCUT2D eigenvalue weighted by molar-refractivity contribution is 5.19. The molecule has 1 aromatic rings. The molecular weight excluding hydrogens is 222 g/mol. The molecule has 0 unspecified atom stereocenters. The molecule has 0 aromatic carbocycles. The van der Waals surface area contributed by atoms with Crippen molar-refractivity contribution in [2.24, 2.45) is 5.92 Å². The second kappa shape index (κ2) is 6.37. The monoisotopic (exact) mass is 249 g/mol. The molecule has 0 aliphatic heterocycles. The van der Waals surface area contributed by atoms with Crippen molar-refractivity contribution in [1.82, 2.24) is 14.9 Å². The Morgan fingerprint density at radius 3 is 2.83 bits per heavy atom. The van der Waals surface area contributed by atoms with Crippen molar-refractivity contribution in [3.05, 3.63) is 17.2 Å². The van der Waals surface area contributed by atoms with E-state index in [1.807, 2.05) is 0 Å². The van der Waals surface area contributed by atoms with Gasteiger partial charge in [-0.25, -0.2) is 4.98 Å². The molecule has 102 valence electrons. The van der Waals surface area contributed by atoms with E-state index in [0.29, 0.717) is 0 Å². The molecule has 3 heteroatoms. The molecule has 0 fully saturated rings. The summed E-state index contributed by atoms with van der Waals surface area (Å²) < 4.78 is 2.45. The maximum atomic E-state index is 4.72. The number of nitrogens with zero attached hydrogens (tertiary/aromatic N) is 2. The van der Waals surface area contributed by atoms with Crippen molar-refractivity contribution >= 4 is 0 Å². The molecule has 0 spiro atoms. The summed E-state index contributed by atoms with van der Waals surface area (Å²) in [5.41, 5.74) is 2.89. The van der Waals surface area contributed by atoms with Crippen LogP contribution < -0.4 is 5.32 Å². The van der Waals surface area contributed by atoms with Gasteiger partial charge in [-0.3, -0.25) is 0 Å². The first-order valence-corrected chi connectivity index (χ1v) is 7.44. The fourth-order valence-electron chi connectivity index (χ4n) is 2.79. The van der Waals surface area contributed by atoms with Crippen LogP contribution in [0.15, 0.2) is 0 Å². The summed E-state index contributed by atoms with van der Waals surface area (Å²) in [5, 5.41) is 3.51. The summed E-state index contributed by atoms with van der Waals surface area (Å²) >= 11 is 0. The van der Waals surface area contributed by atoms with E-state index in [1.54, 1.807) is 0 Å². The van der Waals surface area contributed by atoms with E-state index in [0.717, 1.165) is 25.6 Å². The molecule has 0 atom stereocenters. The molecule has 0 saturated carbocycles. The number of nitrogens with one attached hydrogen (secondary N) is 1. The first kappa shape index (κ1) is 13.6. The van der Waals surface area contributed by atoms with Gasteiger partial charge in [0, 0.05) is 12.2 Å². The first-order chi connectivity index (χ1) is 8.68. The zero-order valence-electron chi connectivity index (χ0n) is 12.1. The fraction of sp³-hybridized carbons (Fsp3) is 0.800. The van der Waals surface area contributed by atoms with Gasteiger partial charge in [0.1, 0.15) is 5.82 Å². The van der Waals surface area contributed by atoms with Crippen molar-refractivity contribution < 1.29 is 0 Å². The number of hydrogen-bond donors (Lipinski definition) is 1. The van der Waals surface area contributed by atoms with Crippen molar-refractivity contribution in [1.29, 1.82) is 0 Å². The number of rotatable bonds is 6. The lowest BCUT2D eigenvalue weighted by atomic mass is 10.0. The molecule has 1 heterocycles. The topological polar surface area (TPSA) is 29.9 Å². The summed E-state index contributed by atoms with van der Waals surface area (Å²) in [4.78, 5) is 4.72. The normalized spacial score (nSPS) is 15.1. The Balaban J connectivity index is 1.84. The lowest BCUT2D eigenvalue weighted by Gasteiger charge is -2.15. The molecule has 1 aromatic heterocycles. The second-order valence-electron chi connectivity index (χ2n) is 5.86. The minimum absolute atomic E-state index is 0.743. The Bertz CT molecular complexity index is 379. The minimum Gasteiger partial charge on any atom is -0.332 e. The van der Waals surface area contributed by atoms with E-state index in [2.05, 4.69) is 30.7 Å². The highest BCUT2D eigenvalue weighted by atomic mass is 15.1. The maximum Gasteiger partial charge on any atom is 0.106 e. The maximum absolute atomic E-state index is 4.72. The van der Waals surface area contributed by atoms with Gasteiger partial charge in [0.15, 0.2) is 0 Å². The summed E-state index contributed by atoms with van der Waals surface area (Å²) in [5.74, 6) is 1.96. The van der Waals surface area contributed by atoms with Gasteiger partial charge in [0.25, 0.3) is 0 Å². The molecule has 3 nitrogen and oxygen atoms in total. The lowest BCUT2D eigenvalue weighted by Crippen LogP contribution is -2.22. The number of aromatic nitrogens is 2. The van der Waals surface area contributed by atoms with Crippen LogP contribution in [0, 0.1) is 12.8 Å². The smallest absolute Gasteiger partial charge is 0.106 e. The SMILES string of the molecule is Cc1nc2c(n1CCCNCC(C)C)CCCC2.